The van der Waals surface area contributed by atoms with E-state index in [0.717, 1.165) is 4.31 Å². The maximum absolute atomic E-state index is 13.7. The fourth-order valence-electron chi connectivity index (χ4n) is 3.39. The van der Waals surface area contributed by atoms with Crippen molar-refractivity contribution in [3.05, 3.63) is 60.7 Å². The van der Waals surface area contributed by atoms with Gasteiger partial charge in [-0.2, -0.15) is 0 Å². The van der Waals surface area contributed by atoms with Crippen LogP contribution >= 0.6 is 0 Å². The molecule has 3 aromatic rings. The molecule has 1 amide bonds. The SMILES string of the molecule is COc1ccc(N(CC(=O)Nc2ccc(OC)cc2OC)S(=O)(=O)c2ccc(OC)c(OC)c2)cc1. The number of carbonyl (C=O) groups excluding carboxylic acids is 1. The van der Waals surface area contributed by atoms with Crippen molar-refractivity contribution in [1.29, 1.82) is 0 Å². The number of methoxy groups -OCH3 is 5. The molecule has 0 aliphatic carbocycles. The molecule has 3 aromatic carbocycles. The predicted molar refractivity (Wildman–Crippen MR) is 135 cm³/mol. The normalized spacial score (nSPS) is 10.8. The minimum Gasteiger partial charge on any atom is -0.497 e. The van der Waals surface area contributed by atoms with E-state index in [2.05, 4.69) is 5.32 Å². The molecule has 3 rings (SSSR count). The Hall–Kier alpha value is -4.12. The average molecular weight is 517 g/mol. The zero-order valence-electron chi connectivity index (χ0n) is 20.6. The number of benzene rings is 3. The summed E-state index contributed by atoms with van der Waals surface area (Å²) in [6.07, 6.45) is 0. The number of ether oxygens (including phenoxy) is 5. The van der Waals surface area contributed by atoms with Crippen LogP contribution in [0.3, 0.4) is 0 Å². The first-order valence-corrected chi connectivity index (χ1v) is 12.1. The Kier molecular flexibility index (Phi) is 8.49. The van der Waals surface area contributed by atoms with Crippen molar-refractivity contribution in [2.75, 3.05) is 51.7 Å². The van der Waals surface area contributed by atoms with E-state index in [1.165, 1.54) is 53.7 Å². The number of nitrogens with one attached hydrogen (secondary N) is 1. The quantitative estimate of drug-likeness (QED) is 0.412. The average Bonchev–Trinajstić information content (AvgIpc) is 2.91. The lowest BCUT2D eigenvalue weighted by molar-refractivity contribution is -0.114. The third kappa shape index (κ3) is 5.74. The van der Waals surface area contributed by atoms with Crippen LogP contribution in [0.5, 0.6) is 28.7 Å². The summed E-state index contributed by atoms with van der Waals surface area (Å²) in [7, 11) is 3.13. The molecule has 10 nitrogen and oxygen atoms in total. The molecule has 0 heterocycles. The summed E-state index contributed by atoms with van der Waals surface area (Å²) < 4.78 is 54.6. The van der Waals surface area contributed by atoms with E-state index in [1.807, 2.05) is 0 Å². The molecule has 0 bridgehead atoms. The van der Waals surface area contributed by atoms with Gasteiger partial charge in [0.15, 0.2) is 11.5 Å². The molecule has 0 saturated heterocycles. The van der Waals surface area contributed by atoms with E-state index in [4.69, 9.17) is 23.7 Å². The number of amides is 1. The highest BCUT2D eigenvalue weighted by molar-refractivity contribution is 7.92. The van der Waals surface area contributed by atoms with Crippen LogP contribution in [0.2, 0.25) is 0 Å². The smallest absolute Gasteiger partial charge is 0.264 e. The fourth-order valence-corrected chi connectivity index (χ4v) is 4.83. The standard InChI is InChI=1S/C25H28N2O8S/c1-31-18-8-6-17(7-9-18)27(36(29,30)20-11-13-22(33-3)24(15-20)35-5)16-25(28)26-21-12-10-19(32-2)14-23(21)34-4/h6-15H,16H2,1-5H3,(H,26,28). The Bertz CT molecular complexity index is 1310. The number of hydrogen-bond acceptors (Lipinski definition) is 8. The first-order chi connectivity index (χ1) is 17.3. The summed E-state index contributed by atoms with van der Waals surface area (Å²) in [4.78, 5) is 13.0. The second-order valence-electron chi connectivity index (χ2n) is 7.34. The molecule has 0 fully saturated rings. The van der Waals surface area contributed by atoms with E-state index < -0.39 is 22.5 Å². The molecule has 11 heteroatoms. The van der Waals surface area contributed by atoms with Gasteiger partial charge >= 0.3 is 0 Å². The number of rotatable bonds is 11. The third-order valence-corrected chi connectivity index (χ3v) is 7.04. The monoisotopic (exact) mass is 516 g/mol. The molecule has 0 aliphatic rings. The van der Waals surface area contributed by atoms with Crippen LogP contribution in [-0.4, -0.2) is 56.4 Å². The van der Waals surface area contributed by atoms with Gasteiger partial charge < -0.3 is 29.0 Å². The van der Waals surface area contributed by atoms with Crippen LogP contribution in [-0.2, 0) is 14.8 Å². The fraction of sp³-hybridized carbons (Fsp3) is 0.240. The van der Waals surface area contributed by atoms with Crippen molar-refractivity contribution in [1.82, 2.24) is 0 Å². The summed E-state index contributed by atoms with van der Waals surface area (Å²) in [5.74, 6) is 1.47. The third-order valence-electron chi connectivity index (χ3n) is 5.27. The number of nitrogens with zero attached hydrogens (tertiary/aromatic N) is 1. The zero-order valence-corrected chi connectivity index (χ0v) is 21.4. The van der Waals surface area contributed by atoms with Gasteiger partial charge in [0.05, 0.1) is 51.8 Å². The van der Waals surface area contributed by atoms with Crippen LogP contribution in [0, 0.1) is 0 Å². The molecule has 0 radical (unpaired) electrons. The van der Waals surface area contributed by atoms with Gasteiger partial charge in [-0.25, -0.2) is 8.42 Å². The van der Waals surface area contributed by atoms with Crippen LogP contribution in [0.4, 0.5) is 11.4 Å². The van der Waals surface area contributed by atoms with Crippen molar-refractivity contribution in [3.8, 4) is 28.7 Å². The second kappa shape index (κ2) is 11.5. The minimum atomic E-state index is -4.20. The highest BCUT2D eigenvalue weighted by Gasteiger charge is 2.29. The minimum absolute atomic E-state index is 0.0780. The lowest BCUT2D eigenvalue weighted by Gasteiger charge is -2.25. The zero-order chi connectivity index (χ0) is 26.3. The largest absolute Gasteiger partial charge is 0.497 e. The number of hydrogen-bond donors (Lipinski definition) is 1. The molecule has 192 valence electrons. The Morgan fingerprint density at radius 1 is 0.722 bits per heavy atom. The van der Waals surface area contributed by atoms with Gasteiger partial charge in [-0.15, -0.1) is 0 Å². The van der Waals surface area contributed by atoms with Crippen LogP contribution in [0.15, 0.2) is 65.6 Å². The highest BCUT2D eigenvalue weighted by atomic mass is 32.2. The molecule has 0 spiro atoms. The number of anilines is 2. The molecule has 0 unspecified atom stereocenters. The van der Waals surface area contributed by atoms with Crippen LogP contribution in [0.25, 0.3) is 0 Å². The van der Waals surface area contributed by atoms with Gasteiger partial charge in [0, 0.05) is 12.1 Å². The molecular formula is C25H28N2O8S. The molecule has 0 aromatic heterocycles. The van der Waals surface area contributed by atoms with E-state index >= 15 is 0 Å². The Morgan fingerprint density at radius 2 is 1.33 bits per heavy atom. The summed E-state index contributed by atoms with van der Waals surface area (Å²) in [5, 5.41) is 2.70. The van der Waals surface area contributed by atoms with Gasteiger partial charge in [-0.3, -0.25) is 9.10 Å². The van der Waals surface area contributed by atoms with Gasteiger partial charge in [-0.1, -0.05) is 0 Å². The van der Waals surface area contributed by atoms with Gasteiger partial charge in [-0.05, 0) is 48.5 Å². The first kappa shape index (κ1) is 26.5. The van der Waals surface area contributed by atoms with Gasteiger partial charge in [0.25, 0.3) is 10.0 Å². The van der Waals surface area contributed by atoms with Crippen molar-refractivity contribution in [2.24, 2.45) is 0 Å². The van der Waals surface area contributed by atoms with Gasteiger partial charge in [0.1, 0.15) is 23.8 Å². The topological polar surface area (TPSA) is 113 Å². The lowest BCUT2D eigenvalue weighted by atomic mass is 10.2. The van der Waals surface area contributed by atoms with Crippen molar-refractivity contribution in [2.45, 2.75) is 4.90 Å². The first-order valence-electron chi connectivity index (χ1n) is 10.7. The predicted octanol–water partition coefficient (Wildman–Crippen LogP) is 3.56. The van der Waals surface area contributed by atoms with E-state index in [-0.39, 0.29) is 16.3 Å². The van der Waals surface area contributed by atoms with Crippen LogP contribution in [0.1, 0.15) is 0 Å². The molecule has 0 saturated carbocycles. The Labute approximate surface area is 210 Å². The summed E-state index contributed by atoms with van der Waals surface area (Å²) in [6, 6.07) is 15.4. The van der Waals surface area contributed by atoms with Gasteiger partial charge in [0.2, 0.25) is 5.91 Å². The van der Waals surface area contributed by atoms with E-state index in [0.29, 0.717) is 28.7 Å². The van der Waals surface area contributed by atoms with E-state index in [1.54, 1.807) is 42.5 Å². The number of carbonyl (C=O) groups is 1. The lowest BCUT2D eigenvalue weighted by Crippen LogP contribution is -2.38. The summed E-state index contributed by atoms with van der Waals surface area (Å²) >= 11 is 0. The van der Waals surface area contributed by atoms with Crippen molar-refractivity contribution in [3.63, 3.8) is 0 Å². The molecule has 36 heavy (non-hydrogen) atoms. The Morgan fingerprint density at radius 3 is 1.92 bits per heavy atom. The molecule has 0 aliphatic heterocycles. The maximum atomic E-state index is 13.7. The second-order valence-corrected chi connectivity index (χ2v) is 9.20. The molecule has 1 N–H and O–H groups in total. The molecular weight excluding hydrogens is 488 g/mol. The highest BCUT2D eigenvalue weighted by Crippen LogP contribution is 2.33. The van der Waals surface area contributed by atoms with Crippen molar-refractivity contribution < 1.29 is 36.9 Å². The summed E-state index contributed by atoms with van der Waals surface area (Å²) in [5.41, 5.74) is 0.629. The molecule has 0 atom stereocenters. The summed E-state index contributed by atoms with van der Waals surface area (Å²) in [6.45, 7) is -0.516. The van der Waals surface area contributed by atoms with Crippen molar-refractivity contribution >= 4 is 27.3 Å². The van der Waals surface area contributed by atoms with Crippen LogP contribution < -0.4 is 33.3 Å². The Balaban J connectivity index is 1.99. The van der Waals surface area contributed by atoms with E-state index in [9.17, 15) is 13.2 Å². The number of sulfonamides is 1. The maximum Gasteiger partial charge on any atom is 0.264 e.